The van der Waals surface area contributed by atoms with Crippen LogP contribution in [0.5, 0.6) is 0 Å². The fourth-order valence-corrected chi connectivity index (χ4v) is 5.12. The molecule has 180 valence electrons. The van der Waals surface area contributed by atoms with Crippen molar-refractivity contribution in [3.8, 4) is 0 Å². The highest BCUT2D eigenvalue weighted by Crippen LogP contribution is 2.37. The molecule has 1 atom stereocenters. The second-order valence-corrected chi connectivity index (χ2v) is 10.5. The van der Waals surface area contributed by atoms with Crippen molar-refractivity contribution in [1.82, 2.24) is 5.32 Å². The lowest BCUT2D eigenvalue weighted by Crippen LogP contribution is -2.41. The van der Waals surface area contributed by atoms with Gasteiger partial charge in [0.1, 0.15) is 6.54 Å². The highest BCUT2D eigenvalue weighted by Gasteiger charge is 2.34. The van der Waals surface area contributed by atoms with Gasteiger partial charge in [0.2, 0.25) is 15.9 Å². The average molecular weight is 503 g/mol. The Hall–Kier alpha value is -2.26. The zero-order valence-electron chi connectivity index (χ0n) is 18.4. The van der Waals surface area contributed by atoms with Gasteiger partial charge in [-0.3, -0.25) is 9.10 Å². The molecular weight excluding hydrogens is 477 g/mol. The SMILES string of the molecule is CCC(NC(=O)CN(c1ccc(Cl)c(C(F)(F)F)c1)S(C)(=O)=O)c1ccc2c(c1)CCCC2. The molecule has 0 spiro atoms. The fraction of sp³-hybridized carbons (Fsp3) is 0.435. The van der Waals surface area contributed by atoms with E-state index >= 15 is 0 Å². The van der Waals surface area contributed by atoms with E-state index in [4.69, 9.17) is 11.6 Å². The van der Waals surface area contributed by atoms with Gasteiger partial charge >= 0.3 is 6.18 Å². The second kappa shape index (κ2) is 9.93. The van der Waals surface area contributed by atoms with E-state index < -0.39 is 39.2 Å². The lowest BCUT2D eigenvalue weighted by molar-refractivity contribution is -0.137. The molecule has 0 bridgehead atoms. The third-order valence-corrected chi connectivity index (χ3v) is 7.22. The van der Waals surface area contributed by atoms with Crippen LogP contribution < -0.4 is 9.62 Å². The molecule has 0 saturated carbocycles. The van der Waals surface area contributed by atoms with Crippen LogP contribution in [0.1, 0.15) is 54.5 Å². The molecule has 2 aromatic carbocycles. The molecule has 0 aromatic heterocycles. The Balaban J connectivity index is 1.82. The van der Waals surface area contributed by atoms with E-state index in [0.29, 0.717) is 16.8 Å². The number of benzene rings is 2. The monoisotopic (exact) mass is 502 g/mol. The first-order valence-electron chi connectivity index (χ1n) is 10.7. The van der Waals surface area contributed by atoms with E-state index in [0.717, 1.165) is 49.6 Å². The molecule has 0 saturated heterocycles. The van der Waals surface area contributed by atoms with Crippen molar-refractivity contribution < 1.29 is 26.4 Å². The minimum Gasteiger partial charge on any atom is -0.348 e. The summed E-state index contributed by atoms with van der Waals surface area (Å²) in [7, 11) is -4.05. The number of hydrogen-bond acceptors (Lipinski definition) is 3. The van der Waals surface area contributed by atoms with E-state index in [9.17, 15) is 26.4 Å². The number of carbonyl (C=O) groups excluding carboxylic acids is 1. The molecule has 0 heterocycles. The summed E-state index contributed by atoms with van der Waals surface area (Å²) < 4.78 is 65.0. The van der Waals surface area contributed by atoms with Crippen molar-refractivity contribution in [3.05, 3.63) is 63.7 Å². The van der Waals surface area contributed by atoms with Crippen LogP contribution in [0.3, 0.4) is 0 Å². The number of halogens is 4. The molecule has 1 N–H and O–H groups in total. The Labute approximate surface area is 197 Å². The predicted molar refractivity (Wildman–Crippen MR) is 123 cm³/mol. The molecule has 33 heavy (non-hydrogen) atoms. The molecule has 0 radical (unpaired) electrons. The van der Waals surface area contributed by atoms with Gasteiger partial charge in [-0.15, -0.1) is 0 Å². The van der Waals surface area contributed by atoms with Gasteiger partial charge in [0.15, 0.2) is 0 Å². The first-order chi connectivity index (χ1) is 15.4. The summed E-state index contributed by atoms with van der Waals surface area (Å²) in [5.74, 6) is -0.617. The predicted octanol–water partition coefficient (Wildman–Crippen LogP) is 5.27. The number of hydrogen-bond donors (Lipinski definition) is 1. The Morgan fingerprint density at radius 2 is 1.79 bits per heavy atom. The summed E-state index contributed by atoms with van der Waals surface area (Å²) in [5, 5.41) is 2.27. The summed E-state index contributed by atoms with van der Waals surface area (Å²) in [5.41, 5.74) is 2.02. The number of aryl methyl sites for hydroxylation is 2. The second-order valence-electron chi connectivity index (χ2n) is 8.20. The Morgan fingerprint density at radius 3 is 2.39 bits per heavy atom. The third-order valence-electron chi connectivity index (χ3n) is 5.75. The van der Waals surface area contributed by atoms with Gasteiger partial charge in [-0.1, -0.05) is 36.7 Å². The quantitative estimate of drug-likeness (QED) is 0.561. The molecular formula is C23H26ClF3N2O3S. The van der Waals surface area contributed by atoms with E-state index in [-0.39, 0.29) is 11.7 Å². The molecule has 1 amide bonds. The minimum absolute atomic E-state index is 0.286. The van der Waals surface area contributed by atoms with Crippen LogP contribution in [0, 0.1) is 0 Å². The minimum atomic E-state index is -4.77. The number of sulfonamides is 1. The fourth-order valence-electron chi connectivity index (χ4n) is 4.05. The van der Waals surface area contributed by atoms with Crippen molar-refractivity contribution in [1.29, 1.82) is 0 Å². The molecule has 2 aromatic rings. The number of fused-ring (bicyclic) bond motifs is 1. The number of nitrogens with one attached hydrogen (secondary N) is 1. The smallest absolute Gasteiger partial charge is 0.348 e. The van der Waals surface area contributed by atoms with Gasteiger partial charge in [0, 0.05) is 0 Å². The molecule has 5 nitrogen and oxygen atoms in total. The van der Waals surface area contributed by atoms with E-state index in [1.165, 1.54) is 11.1 Å². The lowest BCUT2D eigenvalue weighted by atomic mass is 9.89. The number of anilines is 1. The highest BCUT2D eigenvalue weighted by atomic mass is 35.5. The maximum Gasteiger partial charge on any atom is 0.417 e. The average Bonchev–Trinajstić information content (AvgIpc) is 2.74. The van der Waals surface area contributed by atoms with Crippen LogP contribution in [0.2, 0.25) is 5.02 Å². The molecule has 0 aliphatic heterocycles. The number of carbonyl (C=O) groups is 1. The molecule has 3 rings (SSSR count). The van der Waals surface area contributed by atoms with Crippen molar-refractivity contribution in [2.24, 2.45) is 0 Å². The van der Waals surface area contributed by atoms with E-state index in [2.05, 4.69) is 17.4 Å². The number of alkyl halides is 3. The van der Waals surface area contributed by atoms with Crippen molar-refractivity contribution in [2.75, 3.05) is 17.1 Å². The molecule has 10 heteroatoms. The number of rotatable bonds is 7. The summed E-state index contributed by atoms with van der Waals surface area (Å²) in [6.07, 6.45) is 0.923. The lowest BCUT2D eigenvalue weighted by Gasteiger charge is -2.25. The van der Waals surface area contributed by atoms with Crippen LogP contribution in [0.15, 0.2) is 36.4 Å². The van der Waals surface area contributed by atoms with Crippen LogP contribution in [-0.4, -0.2) is 27.1 Å². The van der Waals surface area contributed by atoms with Crippen LogP contribution in [-0.2, 0) is 33.8 Å². The molecule has 1 aliphatic rings. The van der Waals surface area contributed by atoms with Gasteiger partial charge in [-0.2, -0.15) is 13.2 Å². The Bertz CT molecular complexity index is 1140. The normalized spacial score (nSPS) is 15.0. The summed E-state index contributed by atoms with van der Waals surface area (Å²) >= 11 is 5.64. The zero-order chi connectivity index (χ0) is 24.4. The standard InChI is InChI=1S/C23H26ClF3N2O3S/c1-3-21(17-9-8-15-6-4-5-7-16(15)12-17)28-22(30)14-29(33(2,31)32)18-10-11-20(24)19(13-18)23(25,26)27/h8-13,21H,3-7,14H2,1-2H3,(H,28,30). The van der Waals surface area contributed by atoms with Crippen LogP contribution >= 0.6 is 11.6 Å². The largest absolute Gasteiger partial charge is 0.417 e. The third kappa shape index (κ3) is 6.20. The van der Waals surface area contributed by atoms with Gasteiger partial charge in [0.05, 0.1) is 28.6 Å². The first-order valence-corrected chi connectivity index (χ1v) is 12.9. The zero-order valence-corrected chi connectivity index (χ0v) is 19.9. The van der Waals surface area contributed by atoms with Gasteiger partial charge in [0.25, 0.3) is 0 Å². The summed E-state index contributed by atoms with van der Waals surface area (Å²) in [4.78, 5) is 12.8. The van der Waals surface area contributed by atoms with Gasteiger partial charge in [-0.05, 0) is 67.0 Å². The van der Waals surface area contributed by atoms with Crippen molar-refractivity contribution >= 4 is 33.2 Å². The van der Waals surface area contributed by atoms with Crippen molar-refractivity contribution in [3.63, 3.8) is 0 Å². The maximum absolute atomic E-state index is 13.2. The number of nitrogens with zero attached hydrogens (tertiary/aromatic N) is 1. The molecule has 1 unspecified atom stereocenters. The topological polar surface area (TPSA) is 66.5 Å². The summed E-state index contributed by atoms with van der Waals surface area (Å²) in [6, 6.07) is 8.51. The first kappa shape index (κ1) is 25.4. The van der Waals surface area contributed by atoms with E-state index in [1.807, 2.05) is 13.0 Å². The van der Waals surface area contributed by atoms with E-state index in [1.54, 1.807) is 0 Å². The van der Waals surface area contributed by atoms with Crippen LogP contribution in [0.4, 0.5) is 18.9 Å². The summed E-state index contributed by atoms with van der Waals surface area (Å²) in [6.45, 7) is 1.24. The Morgan fingerprint density at radius 1 is 1.12 bits per heavy atom. The van der Waals surface area contributed by atoms with Crippen molar-refractivity contribution in [2.45, 2.75) is 51.2 Å². The number of amides is 1. The highest BCUT2D eigenvalue weighted by molar-refractivity contribution is 7.92. The van der Waals surface area contributed by atoms with Gasteiger partial charge in [-0.25, -0.2) is 8.42 Å². The van der Waals surface area contributed by atoms with Crippen LogP contribution in [0.25, 0.3) is 0 Å². The Kier molecular flexibility index (Phi) is 7.63. The maximum atomic E-state index is 13.2. The molecule has 0 fully saturated rings. The van der Waals surface area contributed by atoms with Gasteiger partial charge < -0.3 is 5.32 Å². The molecule has 1 aliphatic carbocycles.